The van der Waals surface area contributed by atoms with Crippen molar-refractivity contribution in [3.05, 3.63) is 35.9 Å². The molecule has 0 aliphatic heterocycles. The maximum absolute atomic E-state index is 11.3. The third-order valence-corrected chi connectivity index (χ3v) is 2.54. The summed E-state index contributed by atoms with van der Waals surface area (Å²) in [4.78, 5) is 11.3. The zero-order chi connectivity index (χ0) is 12.1. The predicted octanol–water partition coefficient (Wildman–Crippen LogP) is 1.85. The summed E-state index contributed by atoms with van der Waals surface area (Å²) in [5, 5.41) is 12.0. The van der Waals surface area contributed by atoms with Crippen LogP contribution < -0.4 is 5.32 Å². The van der Waals surface area contributed by atoms with Crippen LogP contribution in [0.5, 0.6) is 0 Å². The second-order valence-corrected chi connectivity index (χ2v) is 4.42. The molecule has 1 rings (SSSR count). The Hall–Kier alpha value is -1.06. The SMILES string of the molecule is CC(Cl)C(=O)N[C@@H](C)[C@H](O)c1ccccc1. The van der Waals surface area contributed by atoms with Gasteiger partial charge in [0.1, 0.15) is 5.38 Å². The third kappa shape index (κ3) is 3.51. The lowest BCUT2D eigenvalue weighted by atomic mass is 10.0. The molecule has 88 valence electrons. The van der Waals surface area contributed by atoms with E-state index in [0.29, 0.717) is 0 Å². The van der Waals surface area contributed by atoms with Gasteiger partial charge in [0.05, 0.1) is 12.1 Å². The van der Waals surface area contributed by atoms with Gasteiger partial charge in [0.2, 0.25) is 5.91 Å². The van der Waals surface area contributed by atoms with Crippen LogP contribution >= 0.6 is 11.6 Å². The van der Waals surface area contributed by atoms with Gasteiger partial charge in [-0.05, 0) is 19.4 Å². The minimum absolute atomic E-state index is 0.274. The van der Waals surface area contributed by atoms with E-state index in [1.54, 1.807) is 13.8 Å². The first kappa shape index (κ1) is 13.0. The number of hydrogen-bond donors (Lipinski definition) is 2. The minimum atomic E-state index is -0.722. The summed E-state index contributed by atoms with van der Waals surface area (Å²) in [6, 6.07) is 8.83. The van der Waals surface area contributed by atoms with E-state index < -0.39 is 11.5 Å². The second kappa shape index (κ2) is 5.87. The molecule has 3 nitrogen and oxygen atoms in total. The fraction of sp³-hybridized carbons (Fsp3) is 0.417. The highest BCUT2D eigenvalue weighted by atomic mass is 35.5. The standard InChI is InChI=1S/C12H16ClNO2/c1-8(13)12(16)14-9(2)11(15)10-6-4-3-5-7-10/h3-9,11,15H,1-2H3,(H,14,16)/t8?,9-,11-/m0/s1. The molecule has 2 N–H and O–H groups in total. The number of rotatable bonds is 4. The molecule has 0 saturated heterocycles. The van der Waals surface area contributed by atoms with Gasteiger partial charge in [0.15, 0.2) is 0 Å². The summed E-state index contributed by atoms with van der Waals surface area (Å²) < 4.78 is 0. The Bertz CT molecular complexity index is 340. The van der Waals surface area contributed by atoms with Crippen molar-refractivity contribution in [3.8, 4) is 0 Å². The molecule has 0 bridgehead atoms. The van der Waals surface area contributed by atoms with Crippen LogP contribution in [0.4, 0.5) is 0 Å². The van der Waals surface area contributed by atoms with Crippen LogP contribution in [-0.2, 0) is 4.79 Å². The van der Waals surface area contributed by atoms with Crippen LogP contribution in [0.1, 0.15) is 25.5 Å². The first-order valence-corrected chi connectivity index (χ1v) is 5.63. The van der Waals surface area contributed by atoms with Gasteiger partial charge in [-0.3, -0.25) is 4.79 Å². The Balaban J connectivity index is 2.61. The average Bonchev–Trinajstić information content (AvgIpc) is 2.28. The van der Waals surface area contributed by atoms with Crippen LogP contribution in [-0.4, -0.2) is 22.4 Å². The van der Waals surface area contributed by atoms with Crippen molar-refractivity contribution in [2.24, 2.45) is 0 Å². The van der Waals surface area contributed by atoms with Gasteiger partial charge in [-0.25, -0.2) is 0 Å². The summed E-state index contributed by atoms with van der Waals surface area (Å²) in [5.74, 6) is -0.274. The van der Waals surface area contributed by atoms with Gasteiger partial charge in [-0.15, -0.1) is 11.6 Å². The number of amides is 1. The van der Waals surface area contributed by atoms with Crippen LogP contribution in [0.2, 0.25) is 0 Å². The zero-order valence-corrected chi connectivity index (χ0v) is 10.1. The summed E-state index contributed by atoms with van der Waals surface area (Å²) in [6.45, 7) is 3.34. The third-order valence-electron chi connectivity index (χ3n) is 2.35. The second-order valence-electron chi connectivity index (χ2n) is 3.77. The Morgan fingerprint density at radius 1 is 1.31 bits per heavy atom. The van der Waals surface area contributed by atoms with E-state index in [0.717, 1.165) is 5.56 Å². The fourth-order valence-electron chi connectivity index (χ4n) is 1.36. The van der Waals surface area contributed by atoms with Gasteiger partial charge in [-0.2, -0.15) is 0 Å². The molecule has 0 heterocycles. The minimum Gasteiger partial charge on any atom is -0.386 e. The number of hydrogen-bond acceptors (Lipinski definition) is 2. The summed E-state index contributed by atoms with van der Waals surface area (Å²) in [5.41, 5.74) is 0.775. The molecule has 1 aromatic carbocycles. The first-order valence-electron chi connectivity index (χ1n) is 5.20. The number of carbonyl (C=O) groups excluding carboxylic acids is 1. The number of nitrogens with one attached hydrogen (secondary N) is 1. The summed E-state index contributed by atoms with van der Waals surface area (Å²) >= 11 is 5.63. The monoisotopic (exact) mass is 241 g/mol. The van der Waals surface area contributed by atoms with Crippen LogP contribution in [0, 0.1) is 0 Å². The van der Waals surface area contributed by atoms with Crippen molar-refractivity contribution >= 4 is 17.5 Å². The fourth-order valence-corrected chi connectivity index (χ4v) is 1.42. The quantitative estimate of drug-likeness (QED) is 0.791. The molecule has 0 fully saturated rings. The topological polar surface area (TPSA) is 49.3 Å². The van der Waals surface area contributed by atoms with Crippen molar-refractivity contribution in [1.82, 2.24) is 5.32 Å². The number of aliphatic hydroxyl groups excluding tert-OH is 1. The van der Waals surface area contributed by atoms with Gasteiger partial charge >= 0.3 is 0 Å². The lowest BCUT2D eigenvalue weighted by Crippen LogP contribution is -2.40. The normalized spacial score (nSPS) is 16.2. The smallest absolute Gasteiger partial charge is 0.238 e. The number of carbonyl (C=O) groups is 1. The van der Waals surface area contributed by atoms with E-state index in [-0.39, 0.29) is 11.9 Å². The molecule has 0 spiro atoms. The number of halogens is 1. The predicted molar refractivity (Wildman–Crippen MR) is 64.3 cm³/mol. The molecule has 1 amide bonds. The Morgan fingerprint density at radius 3 is 2.38 bits per heavy atom. The Kier molecular flexibility index (Phi) is 4.77. The molecular weight excluding hydrogens is 226 g/mol. The van der Waals surface area contributed by atoms with Crippen LogP contribution in [0.25, 0.3) is 0 Å². The number of aliphatic hydroxyl groups is 1. The number of benzene rings is 1. The van der Waals surface area contributed by atoms with Crippen molar-refractivity contribution < 1.29 is 9.90 Å². The van der Waals surface area contributed by atoms with Crippen LogP contribution in [0.3, 0.4) is 0 Å². The van der Waals surface area contributed by atoms with E-state index in [1.807, 2.05) is 30.3 Å². The summed E-state index contributed by atoms with van der Waals surface area (Å²) in [7, 11) is 0. The number of alkyl halides is 1. The van der Waals surface area contributed by atoms with E-state index in [9.17, 15) is 9.90 Å². The average molecular weight is 242 g/mol. The van der Waals surface area contributed by atoms with E-state index >= 15 is 0 Å². The Morgan fingerprint density at radius 2 is 1.88 bits per heavy atom. The molecule has 1 unspecified atom stereocenters. The van der Waals surface area contributed by atoms with Gasteiger partial charge in [0, 0.05) is 0 Å². The van der Waals surface area contributed by atoms with Crippen molar-refractivity contribution in [1.29, 1.82) is 0 Å². The highest BCUT2D eigenvalue weighted by molar-refractivity contribution is 6.30. The molecule has 0 aliphatic carbocycles. The maximum atomic E-state index is 11.3. The molecule has 0 saturated carbocycles. The summed E-state index contributed by atoms with van der Waals surface area (Å²) in [6.07, 6.45) is -0.722. The van der Waals surface area contributed by atoms with Crippen molar-refractivity contribution in [2.75, 3.05) is 0 Å². The lowest BCUT2D eigenvalue weighted by Gasteiger charge is -2.21. The zero-order valence-electron chi connectivity index (χ0n) is 9.35. The van der Waals surface area contributed by atoms with Crippen LogP contribution in [0.15, 0.2) is 30.3 Å². The molecule has 0 aromatic heterocycles. The molecule has 0 radical (unpaired) electrons. The van der Waals surface area contributed by atoms with E-state index in [1.165, 1.54) is 0 Å². The van der Waals surface area contributed by atoms with E-state index in [4.69, 9.17) is 11.6 Å². The first-order chi connectivity index (χ1) is 7.52. The molecule has 3 atom stereocenters. The highest BCUT2D eigenvalue weighted by Crippen LogP contribution is 2.16. The molecule has 1 aromatic rings. The van der Waals surface area contributed by atoms with Gasteiger partial charge in [0.25, 0.3) is 0 Å². The maximum Gasteiger partial charge on any atom is 0.238 e. The van der Waals surface area contributed by atoms with Crippen molar-refractivity contribution in [3.63, 3.8) is 0 Å². The molecule has 4 heteroatoms. The molecule has 0 aliphatic rings. The van der Waals surface area contributed by atoms with Gasteiger partial charge < -0.3 is 10.4 Å². The van der Waals surface area contributed by atoms with Crippen molar-refractivity contribution in [2.45, 2.75) is 31.4 Å². The lowest BCUT2D eigenvalue weighted by molar-refractivity contribution is -0.121. The highest BCUT2D eigenvalue weighted by Gasteiger charge is 2.19. The molecular formula is C12H16ClNO2. The van der Waals surface area contributed by atoms with Gasteiger partial charge in [-0.1, -0.05) is 30.3 Å². The van der Waals surface area contributed by atoms with E-state index in [2.05, 4.69) is 5.32 Å². The largest absolute Gasteiger partial charge is 0.386 e. The molecule has 16 heavy (non-hydrogen) atoms. The Labute approximate surface area is 100 Å².